The fraction of sp³-hybridized carbons (Fsp3) is 0. The number of hydrogen-bond acceptors (Lipinski definition) is 2. The van der Waals surface area contributed by atoms with Crippen molar-refractivity contribution in [2.75, 3.05) is 0 Å². The molecule has 0 aliphatic carbocycles. The summed E-state index contributed by atoms with van der Waals surface area (Å²) in [7, 11) is 0. The molecule has 0 unspecified atom stereocenters. The van der Waals surface area contributed by atoms with Crippen LogP contribution in [0.5, 0.6) is 0 Å². The fourth-order valence-electron chi connectivity index (χ4n) is 0. The van der Waals surface area contributed by atoms with E-state index in [4.69, 9.17) is 10.2 Å². The van der Waals surface area contributed by atoms with Crippen molar-refractivity contribution in [3.05, 3.63) is 0 Å². The van der Waals surface area contributed by atoms with E-state index in [1.54, 1.807) is 0 Å². The molecule has 1 N–H and O–H groups in total. The van der Waals surface area contributed by atoms with E-state index in [1.165, 1.54) is 0 Å². The van der Waals surface area contributed by atoms with Crippen LogP contribution in [0.4, 0.5) is 0 Å². The van der Waals surface area contributed by atoms with Gasteiger partial charge in [0, 0.05) is 0 Å². The van der Waals surface area contributed by atoms with E-state index in [0.717, 1.165) is 6.08 Å². The van der Waals surface area contributed by atoms with Gasteiger partial charge in [0.2, 0.25) is 6.08 Å². The molecular weight excluding hydrogens is 106 g/mol. The van der Waals surface area contributed by atoms with Crippen LogP contribution >= 0.6 is 0 Å². The maximum absolute atomic E-state index is 8.35. The molecule has 0 aromatic heterocycles. The van der Waals surface area contributed by atoms with Crippen molar-refractivity contribution in [1.29, 1.82) is 5.41 Å². The number of nitrogens with one attached hydrogen (secondary N) is 1. The quantitative estimate of drug-likeness (QED) is 0.262. The average molecular weight is 107 g/mol. The van der Waals surface area contributed by atoms with Crippen LogP contribution in [0.2, 0.25) is 0 Å². The SMILES string of the molecule is N=C=O.[Cu+]. The summed E-state index contributed by atoms with van der Waals surface area (Å²) in [5.74, 6) is 0. The van der Waals surface area contributed by atoms with Crippen LogP contribution in [-0.2, 0) is 21.9 Å². The van der Waals surface area contributed by atoms with Gasteiger partial charge < -0.3 is 0 Å². The van der Waals surface area contributed by atoms with Crippen LogP contribution in [0.3, 0.4) is 0 Å². The summed E-state index contributed by atoms with van der Waals surface area (Å²) in [6.07, 6.45) is 0.750. The molecule has 0 fully saturated rings. The van der Waals surface area contributed by atoms with Crippen molar-refractivity contribution in [3.8, 4) is 0 Å². The van der Waals surface area contributed by atoms with Crippen molar-refractivity contribution in [3.63, 3.8) is 0 Å². The second-order valence-corrected chi connectivity index (χ2v) is 0.102. The molecule has 0 aliphatic heterocycles. The van der Waals surface area contributed by atoms with Gasteiger partial charge in [-0.25, -0.2) is 10.2 Å². The molecule has 0 bridgehead atoms. The third-order valence-electron chi connectivity index (χ3n) is 0. The monoisotopic (exact) mass is 106 g/mol. The standard InChI is InChI=1S/CHNO.Cu/c2-1-3;/h2H;/q;+1. The Hall–Kier alpha value is -0.101. The normalized spacial score (nSPS) is 2.00. The van der Waals surface area contributed by atoms with Crippen LogP contribution in [0.25, 0.3) is 0 Å². The van der Waals surface area contributed by atoms with Gasteiger partial charge in [-0.1, -0.05) is 0 Å². The van der Waals surface area contributed by atoms with Crippen molar-refractivity contribution in [2.45, 2.75) is 0 Å². The first-order valence-electron chi connectivity index (χ1n) is 0.454. The average Bonchev–Trinajstić information content (AvgIpc) is 0.918. The molecule has 2 nitrogen and oxygen atoms in total. The maximum atomic E-state index is 8.35. The van der Waals surface area contributed by atoms with E-state index in [9.17, 15) is 0 Å². The second kappa shape index (κ2) is 12.9. The van der Waals surface area contributed by atoms with Crippen molar-refractivity contribution >= 4 is 6.08 Å². The summed E-state index contributed by atoms with van der Waals surface area (Å²) in [4.78, 5) is 8.35. The molecule has 0 heterocycles. The Morgan fingerprint density at radius 1 is 1.75 bits per heavy atom. The summed E-state index contributed by atoms with van der Waals surface area (Å²) in [5.41, 5.74) is 0. The zero-order chi connectivity index (χ0) is 2.71. The van der Waals surface area contributed by atoms with Gasteiger partial charge in [0.1, 0.15) is 0 Å². The number of hydrogen-bond donors (Lipinski definition) is 1. The van der Waals surface area contributed by atoms with Crippen LogP contribution in [0.15, 0.2) is 0 Å². The molecule has 4 heavy (non-hydrogen) atoms. The Morgan fingerprint density at radius 3 is 1.75 bits per heavy atom. The van der Waals surface area contributed by atoms with E-state index < -0.39 is 0 Å². The van der Waals surface area contributed by atoms with E-state index in [-0.39, 0.29) is 17.1 Å². The summed E-state index contributed by atoms with van der Waals surface area (Å²) in [6, 6.07) is 0. The topological polar surface area (TPSA) is 40.9 Å². The third kappa shape index (κ3) is 152. The van der Waals surface area contributed by atoms with E-state index >= 15 is 0 Å². The molecular formula is CHCuNO+. The largest absolute Gasteiger partial charge is 1.00 e. The Kier molecular flexibility index (Phi) is 29.4. The Morgan fingerprint density at radius 2 is 1.75 bits per heavy atom. The predicted molar refractivity (Wildman–Crippen MR) is 8.41 cm³/mol. The minimum atomic E-state index is 0. The van der Waals surface area contributed by atoms with E-state index in [0.29, 0.717) is 0 Å². The molecule has 3 heteroatoms. The summed E-state index contributed by atoms with van der Waals surface area (Å²) in [5, 5.41) is 5.40. The first kappa shape index (κ1) is 9.09. The fourth-order valence-corrected chi connectivity index (χ4v) is 0. The number of carbonyl (C=O) groups excluding carboxylic acids is 1. The summed E-state index contributed by atoms with van der Waals surface area (Å²) < 4.78 is 0. The molecule has 0 saturated carbocycles. The Labute approximate surface area is 34.2 Å². The van der Waals surface area contributed by atoms with Crippen LogP contribution < -0.4 is 0 Å². The van der Waals surface area contributed by atoms with Gasteiger partial charge >= 0.3 is 17.1 Å². The minimum Gasteiger partial charge on any atom is -0.222 e. The molecule has 0 aliphatic rings. The van der Waals surface area contributed by atoms with Gasteiger partial charge in [-0.3, -0.25) is 0 Å². The van der Waals surface area contributed by atoms with Crippen molar-refractivity contribution in [1.82, 2.24) is 0 Å². The molecule has 26 valence electrons. The first-order valence-corrected chi connectivity index (χ1v) is 0.454. The van der Waals surface area contributed by atoms with Gasteiger partial charge in [0.05, 0.1) is 0 Å². The Bertz CT molecular complexity index is 29.0. The maximum Gasteiger partial charge on any atom is 1.00 e. The number of isocyanates is 1. The molecule has 0 amide bonds. The predicted octanol–water partition coefficient (Wildman–Crippen LogP) is -0.102. The molecule has 0 spiro atoms. The van der Waals surface area contributed by atoms with Gasteiger partial charge in [-0.2, -0.15) is 0 Å². The van der Waals surface area contributed by atoms with Crippen molar-refractivity contribution < 1.29 is 21.9 Å². The van der Waals surface area contributed by atoms with Crippen LogP contribution in [0.1, 0.15) is 0 Å². The second-order valence-electron chi connectivity index (χ2n) is 0.102. The van der Waals surface area contributed by atoms with Gasteiger partial charge in [-0.05, 0) is 0 Å². The summed E-state index contributed by atoms with van der Waals surface area (Å²) >= 11 is 0. The zero-order valence-corrected chi connectivity index (χ0v) is 2.65. The Balaban J connectivity index is 0. The van der Waals surface area contributed by atoms with Gasteiger partial charge in [0.15, 0.2) is 0 Å². The molecule has 0 rings (SSSR count). The third-order valence-corrected chi connectivity index (χ3v) is 0. The van der Waals surface area contributed by atoms with Crippen LogP contribution in [-0.4, -0.2) is 6.08 Å². The molecule has 0 radical (unpaired) electrons. The van der Waals surface area contributed by atoms with E-state index in [2.05, 4.69) is 0 Å². The summed E-state index contributed by atoms with van der Waals surface area (Å²) in [6.45, 7) is 0. The first-order chi connectivity index (χ1) is 1.41. The minimum absolute atomic E-state index is 0. The molecule has 0 atom stereocenters. The number of rotatable bonds is 0. The molecule has 0 saturated heterocycles. The van der Waals surface area contributed by atoms with Crippen molar-refractivity contribution in [2.24, 2.45) is 0 Å². The zero-order valence-electron chi connectivity index (χ0n) is 1.71. The van der Waals surface area contributed by atoms with E-state index in [1.807, 2.05) is 0 Å². The molecule has 0 aromatic carbocycles. The smallest absolute Gasteiger partial charge is 0.222 e. The van der Waals surface area contributed by atoms with Gasteiger partial charge in [-0.15, -0.1) is 0 Å². The molecule has 0 aromatic rings. The van der Waals surface area contributed by atoms with Crippen LogP contribution in [0, 0.1) is 5.41 Å². The van der Waals surface area contributed by atoms with Gasteiger partial charge in [0.25, 0.3) is 0 Å².